The van der Waals surface area contributed by atoms with Gasteiger partial charge in [0.05, 0.1) is 12.9 Å². The number of hydrogen-bond donors (Lipinski definition) is 1. The lowest BCUT2D eigenvalue weighted by molar-refractivity contribution is 0.414. The van der Waals surface area contributed by atoms with Crippen LogP contribution in [-0.4, -0.2) is 27.2 Å². The molecule has 0 aliphatic rings. The largest absolute Gasteiger partial charge is 0.497 e. The summed E-state index contributed by atoms with van der Waals surface area (Å²) in [7, 11) is -1.68. The van der Waals surface area contributed by atoms with Gasteiger partial charge in [-0.3, -0.25) is 0 Å². The number of halogens is 1. The van der Waals surface area contributed by atoms with Gasteiger partial charge in [-0.25, -0.2) is 13.1 Å². The Balaban J connectivity index is 2.66. The zero-order chi connectivity index (χ0) is 13.6. The lowest BCUT2D eigenvalue weighted by Crippen LogP contribution is -2.29. The van der Waals surface area contributed by atoms with Crippen molar-refractivity contribution in [2.45, 2.75) is 19.4 Å². The van der Waals surface area contributed by atoms with E-state index in [1.165, 1.54) is 0 Å². The second kappa shape index (κ2) is 6.97. The summed E-state index contributed by atoms with van der Waals surface area (Å²) in [5, 5.41) is 0. The standard InChI is InChI=1S/C12H18ClNO3S/c1-10(14-18(15,16)9-3-8-13)11-4-6-12(17-2)7-5-11/h4-7,10,14H,3,8-9H2,1-2H3/t10-/m0/s1. The summed E-state index contributed by atoms with van der Waals surface area (Å²) in [6.07, 6.45) is 0.451. The van der Waals surface area contributed by atoms with Crippen LogP contribution in [0.25, 0.3) is 0 Å². The van der Waals surface area contributed by atoms with E-state index < -0.39 is 10.0 Å². The van der Waals surface area contributed by atoms with E-state index in [4.69, 9.17) is 16.3 Å². The van der Waals surface area contributed by atoms with Gasteiger partial charge in [-0.05, 0) is 31.0 Å². The van der Waals surface area contributed by atoms with Crippen LogP contribution in [0.4, 0.5) is 0 Å². The van der Waals surface area contributed by atoms with E-state index in [0.29, 0.717) is 12.3 Å². The monoisotopic (exact) mass is 291 g/mol. The maximum Gasteiger partial charge on any atom is 0.212 e. The van der Waals surface area contributed by atoms with Gasteiger partial charge in [0, 0.05) is 11.9 Å². The van der Waals surface area contributed by atoms with Gasteiger partial charge in [-0.2, -0.15) is 0 Å². The highest BCUT2D eigenvalue weighted by Gasteiger charge is 2.15. The molecule has 1 aromatic carbocycles. The predicted molar refractivity (Wildman–Crippen MR) is 73.7 cm³/mol. The molecule has 0 saturated heterocycles. The van der Waals surface area contributed by atoms with Gasteiger partial charge in [0.15, 0.2) is 0 Å². The molecule has 0 unspecified atom stereocenters. The molecule has 1 rings (SSSR count). The van der Waals surface area contributed by atoms with Crippen molar-refractivity contribution < 1.29 is 13.2 Å². The minimum absolute atomic E-state index is 0.0526. The third kappa shape index (κ3) is 4.84. The summed E-state index contributed by atoms with van der Waals surface area (Å²) in [5.41, 5.74) is 0.894. The Morgan fingerprint density at radius 1 is 1.33 bits per heavy atom. The third-order valence-corrected chi connectivity index (χ3v) is 4.32. The molecule has 0 heterocycles. The summed E-state index contributed by atoms with van der Waals surface area (Å²) in [6, 6.07) is 7.02. The molecule has 0 spiro atoms. The molecule has 102 valence electrons. The van der Waals surface area contributed by atoms with E-state index in [1.807, 2.05) is 12.1 Å². The highest BCUT2D eigenvalue weighted by atomic mass is 35.5. The lowest BCUT2D eigenvalue weighted by atomic mass is 10.1. The first-order valence-corrected chi connectivity index (χ1v) is 7.87. The average molecular weight is 292 g/mol. The van der Waals surface area contributed by atoms with Crippen LogP contribution in [0.2, 0.25) is 0 Å². The smallest absolute Gasteiger partial charge is 0.212 e. The SMILES string of the molecule is COc1ccc([C@H](C)NS(=O)(=O)CCCCl)cc1. The van der Waals surface area contributed by atoms with Crippen LogP contribution in [0.15, 0.2) is 24.3 Å². The number of methoxy groups -OCH3 is 1. The molecule has 1 atom stereocenters. The van der Waals surface area contributed by atoms with Crippen molar-refractivity contribution in [2.24, 2.45) is 0 Å². The Morgan fingerprint density at radius 2 is 1.94 bits per heavy atom. The fourth-order valence-electron chi connectivity index (χ4n) is 1.53. The molecule has 6 heteroatoms. The summed E-state index contributed by atoms with van der Waals surface area (Å²) in [6.45, 7) is 1.81. The average Bonchev–Trinajstić information content (AvgIpc) is 2.36. The quantitative estimate of drug-likeness (QED) is 0.784. The van der Waals surface area contributed by atoms with Gasteiger partial charge >= 0.3 is 0 Å². The van der Waals surface area contributed by atoms with Gasteiger partial charge in [-0.15, -0.1) is 11.6 Å². The second-order valence-corrected chi connectivity index (χ2v) is 6.23. The predicted octanol–water partition coefficient (Wildman–Crippen LogP) is 2.30. The summed E-state index contributed by atoms with van der Waals surface area (Å²) in [5.74, 6) is 1.14. The van der Waals surface area contributed by atoms with Crippen molar-refractivity contribution in [3.63, 3.8) is 0 Å². The van der Waals surface area contributed by atoms with E-state index >= 15 is 0 Å². The minimum atomic E-state index is -3.27. The lowest BCUT2D eigenvalue weighted by Gasteiger charge is -2.14. The summed E-state index contributed by atoms with van der Waals surface area (Å²) >= 11 is 5.49. The molecule has 4 nitrogen and oxygen atoms in total. The molecule has 0 aliphatic carbocycles. The van der Waals surface area contributed by atoms with Gasteiger partial charge in [0.25, 0.3) is 0 Å². The van der Waals surface area contributed by atoms with E-state index in [9.17, 15) is 8.42 Å². The first-order valence-electron chi connectivity index (χ1n) is 5.68. The van der Waals surface area contributed by atoms with Crippen LogP contribution in [-0.2, 0) is 10.0 Å². The maximum atomic E-state index is 11.7. The molecule has 1 aromatic rings. The highest BCUT2D eigenvalue weighted by Crippen LogP contribution is 2.18. The first kappa shape index (κ1) is 15.3. The highest BCUT2D eigenvalue weighted by molar-refractivity contribution is 7.89. The number of ether oxygens (including phenoxy) is 1. The summed E-state index contributed by atoms with van der Waals surface area (Å²) < 4.78 is 31.1. The van der Waals surface area contributed by atoms with Crippen molar-refractivity contribution in [1.29, 1.82) is 0 Å². The van der Waals surface area contributed by atoms with Gasteiger partial charge < -0.3 is 4.74 Å². The Kier molecular flexibility index (Phi) is 5.91. The number of rotatable bonds is 7. The molecule has 1 N–H and O–H groups in total. The van der Waals surface area contributed by atoms with Crippen LogP contribution in [0.1, 0.15) is 24.9 Å². The van der Waals surface area contributed by atoms with E-state index in [1.54, 1.807) is 26.2 Å². The summed E-state index contributed by atoms with van der Waals surface area (Å²) in [4.78, 5) is 0. The van der Waals surface area contributed by atoms with Gasteiger partial charge in [-0.1, -0.05) is 12.1 Å². The van der Waals surface area contributed by atoms with Crippen molar-refractivity contribution in [3.05, 3.63) is 29.8 Å². The molecule has 0 fully saturated rings. The van der Waals surface area contributed by atoms with Crippen molar-refractivity contribution in [1.82, 2.24) is 4.72 Å². The Bertz CT molecular complexity index is 459. The van der Waals surface area contributed by atoms with Crippen LogP contribution in [0.5, 0.6) is 5.75 Å². The topological polar surface area (TPSA) is 55.4 Å². The number of alkyl halides is 1. The molecule has 0 aliphatic heterocycles. The first-order chi connectivity index (χ1) is 8.48. The molecule has 0 radical (unpaired) electrons. The molecule has 0 bridgehead atoms. The van der Waals surface area contributed by atoms with Crippen LogP contribution in [0, 0.1) is 0 Å². The zero-order valence-electron chi connectivity index (χ0n) is 10.5. The molecule has 0 amide bonds. The number of hydrogen-bond acceptors (Lipinski definition) is 3. The molecule has 0 saturated carbocycles. The fourth-order valence-corrected chi connectivity index (χ4v) is 3.14. The zero-order valence-corrected chi connectivity index (χ0v) is 12.1. The number of benzene rings is 1. The molecular formula is C12H18ClNO3S. The van der Waals surface area contributed by atoms with Gasteiger partial charge in [0.2, 0.25) is 10.0 Å². The Hall–Kier alpha value is -0.780. The molecule has 18 heavy (non-hydrogen) atoms. The Labute approximate surface area is 113 Å². The molecular weight excluding hydrogens is 274 g/mol. The fraction of sp³-hybridized carbons (Fsp3) is 0.500. The third-order valence-electron chi connectivity index (χ3n) is 2.52. The normalized spacial score (nSPS) is 13.3. The number of nitrogens with one attached hydrogen (secondary N) is 1. The van der Waals surface area contributed by atoms with Crippen LogP contribution in [0.3, 0.4) is 0 Å². The van der Waals surface area contributed by atoms with E-state index in [2.05, 4.69) is 4.72 Å². The van der Waals surface area contributed by atoms with Crippen molar-refractivity contribution >= 4 is 21.6 Å². The van der Waals surface area contributed by atoms with Gasteiger partial charge in [0.1, 0.15) is 5.75 Å². The van der Waals surface area contributed by atoms with E-state index in [0.717, 1.165) is 11.3 Å². The van der Waals surface area contributed by atoms with E-state index in [-0.39, 0.29) is 11.8 Å². The van der Waals surface area contributed by atoms with Crippen LogP contribution >= 0.6 is 11.6 Å². The maximum absolute atomic E-state index is 11.7. The molecule has 0 aromatic heterocycles. The van der Waals surface area contributed by atoms with Crippen molar-refractivity contribution in [3.8, 4) is 5.75 Å². The number of sulfonamides is 1. The minimum Gasteiger partial charge on any atom is -0.497 e. The Morgan fingerprint density at radius 3 is 2.44 bits per heavy atom. The van der Waals surface area contributed by atoms with Crippen LogP contribution < -0.4 is 9.46 Å². The second-order valence-electron chi connectivity index (χ2n) is 3.97. The van der Waals surface area contributed by atoms with Crippen molar-refractivity contribution in [2.75, 3.05) is 18.7 Å².